The van der Waals surface area contributed by atoms with Crippen LogP contribution in [-0.2, 0) is 6.54 Å². The number of aromatic nitrogens is 1. The van der Waals surface area contributed by atoms with Crippen LogP contribution < -0.4 is 15.4 Å². The highest BCUT2D eigenvalue weighted by molar-refractivity contribution is 7.13. The number of piperazine rings is 1. The zero-order valence-electron chi connectivity index (χ0n) is 15.5. The molecule has 146 valence electrons. The van der Waals surface area contributed by atoms with Gasteiger partial charge >= 0.3 is 0 Å². The second-order valence-corrected chi connectivity index (χ2v) is 7.38. The average Bonchev–Trinajstić information content (AvgIpc) is 3.16. The number of hydrogen-bond donors (Lipinski definition) is 2. The molecule has 2 heterocycles. The van der Waals surface area contributed by atoms with Crippen LogP contribution >= 0.6 is 11.3 Å². The summed E-state index contributed by atoms with van der Waals surface area (Å²) in [4.78, 5) is 20.2. The van der Waals surface area contributed by atoms with Crippen LogP contribution in [0.5, 0.6) is 5.75 Å². The SMILES string of the molecule is CCOc1ccc(CN2CCN(c3nc(C(N)=O)cs3)C[C@@H]2CCO)cc1. The Kier molecular flexibility index (Phi) is 6.65. The van der Waals surface area contributed by atoms with Crippen molar-refractivity contribution in [2.45, 2.75) is 25.9 Å². The molecule has 0 radical (unpaired) electrons. The average molecular weight is 391 g/mol. The van der Waals surface area contributed by atoms with Gasteiger partial charge in [0, 0.05) is 44.2 Å². The first-order valence-corrected chi connectivity index (χ1v) is 10.1. The summed E-state index contributed by atoms with van der Waals surface area (Å²) in [5, 5.41) is 12.0. The molecule has 3 N–H and O–H groups in total. The Labute approximate surface area is 163 Å². The van der Waals surface area contributed by atoms with E-state index >= 15 is 0 Å². The number of benzene rings is 1. The summed E-state index contributed by atoms with van der Waals surface area (Å²) >= 11 is 1.43. The predicted octanol–water partition coefficient (Wildman–Crippen LogP) is 1.71. The Hall–Kier alpha value is -2.16. The Bertz CT molecular complexity index is 750. The molecule has 1 aliphatic heterocycles. The van der Waals surface area contributed by atoms with Crippen molar-refractivity contribution in [1.82, 2.24) is 9.88 Å². The molecule has 1 amide bonds. The van der Waals surface area contributed by atoms with E-state index in [0.717, 1.165) is 37.1 Å². The van der Waals surface area contributed by atoms with Gasteiger partial charge in [-0.1, -0.05) is 12.1 Å². The second kappa shape index (κ2) is 9.16. The van der Waals surface area contributed by atoms with Crippen LogP contribution in [0.3, 0.4) is 0 Å². The van der Waals surface area contributed by atoms with E-state index in [0.29, 0.717) is 18.7 Å². The Balaban J connectivity index is 1.65. The maximum Gasteiger partial charge on any atom is 0.268 e. The Morgan fingerprint density at radius 2 is 2.15 bits per heavy atom. The highest BCUT2D eigenvalue weighted by Gasteiger charge is 2.28. The zero-order chi connectivity index (χ0) is 19.2. The molecule has 1 aliphatic rings. The van der Waals surface area contributed by atoms with Gasteiger partial charge in [-0.3, -0.25) is 9.69 Å². The van der Waals surface area contributed by atoms with E-state index in [1.54, 1.807) is 5.38 Å². The normalized spacial score (nSPS) is 17.9. The van der Waals surface area contributed by atoms with Crippen LogP contribution in [0.25, 0.3) is 0 Å². The lowest BCUT2D eigenvalue weighted by Crippen LogP contribution is -2.53. The number of thiazole rings is 1. The summed E-state index contributed by atoms with van der Waals surface area (Å²) in [7, 11) is 0. The summed E-state index contributed by atoms with van der Waals surface area (Å²) in [6.07, 6.45) is 0.696. The molecule has 0 unspecified atom stereocenters. The fraction of sp³-hybridized carbons (Fsp3) is 0.474. The maximum absolute atomic E-state index is 11.3. The second-order valence-electron chi connectivity index (χ2n) is 6.54. The van der Waals surface area contributed by atoms with Crippen molar-refractivity contribution < 1.29 is 14.6 Å². The molecular weight excluding hydrogens is 364 g/mol. The third-order valence-electron chi connectivity index (χ3n) is 4.70. The van der Waals surface area contributed by atoms with Crippen LogP contribution in [0, 0.1) is 0 Å². The van der Waals surface area contributed by atoms with Crippen molar-refractivity contribution in [3.8, 4) is 5.75 Å². The predicted molar refractivity (Wildman–Crippen MR) is 106 cm³/mol. The molecule has 0 aliphatic carbocycles. The number of aliphatic hydroxyl groups is 1. The van der Waals surface area contributed by atoms with Crippen LogP contribution in [0.1, 0.15) is 29.4 Å². The molecule has 0 saturated carbocycles. The number of anilines is 1. The van der Waals surface area contributed by atoms with Crippen LogP contribution in [0.15, 0.2) is 29.6 Å². The van der Waals surface area contributed by atoms with E-state index in [1.165, 1.54) is 16.9 Å². The van der Waals surface area contributed by atoms with Gasteiger partial charge in [-0.25, -0.2) is 4.98 Å². The van der Waals surface area contributed by atoms with Gasteiger partial charge in [-0.05, 0) is 31.0 Å². The molecule has 7 nitrogen and oxygen atoms in total. The number of nitrogens with two attached hydrogens (primary N) is 1. The van der Waals surface area contributed by atoms with Gasteiger partial charge in [0.1, 0.15) is 11.4 Å². The number of aliphatic hydroxyl groups excluding tert-OH is 1. The van der Waals surface area contributed by atoms with E-state index in [2.05, 4.69) is 26.9 Å². The van der Waals surface area contributed by atoms with Gasteiger partial charge in [0.2, 0.25) is 0 Å². The zero-order valence-corrected chi connectivity index (χ0v) is 16.3. The van der Waals surface area contributed by atoms with E-state index in [4.69, 9.17) is 10.5 Å². The standard InChI is InChI=1S/C19H26N4O3S/c1-2-26-16-5-3-14(4-6-16)11-22-8-9-23(12-15(22)7-10-24)19-21-17(13-27-19)18(20)25/h3-6,13,15,24H,2,7-12H2,1H3,(H2,20,25)/t15-/m0/s1. The van der Waals surface area contributed by atoms with E-state index < -0.39 is 5.91 Å². The smallest absolute Gasteiger partial charge is 0.268 e. The highest BCUT2D eigenvalue weighted by atomic mass is 32.1. The first-order valence-electron chi connectivity index (χ1n) is 9.17. The van der Waals surface area contributed by atoms with Crippen molar-refractivity contribution in [2.75, 3.05) is 37.7 Å². The summed E-state index contributed by atoms with van der Waals surface area (Å²) < 4.78 is 5.50. The Morgan fingerprint density at radius 3 is 2.78 bits per heavy atom. The third kappa shape index (κ3) is 4.97. The minimum atomic E-state index is -0.501. The van der Waals surface area contributed by atoms with Gasteiger partial charge in [-0.2, -0.15) is 0 Å². The van der Waals surface area contributed by atoms with E-state index in [-0.39, 0.29) is 12.6 Å². The molecule has 27 heavy (non-hydrogen) atoms. The summed E-state index contributed by atoms with van der Waals surface area (Å²) in [6.45, 7) is 6.06. The van der Waals surface area contributed by atoms with Crippen molar-refractivity contribution in [1.29, 1.82) is 0 Å². The molecule has 3 rings (SSSR count). The number of hydrogen-bond acceptors (Lipinski definition) is 7. The first kappa shape index (κ1) is 19.6. The third-order valence-corrected chi connectivity index (χ3v) is 5.60. The highest BCUT2D eigenvalue weighted by Crippen LogP contribution is 2.25. The largest absolute Gasteiger partial charge is 0.494 e. The van der Waals surface area contributed by atoms with Crippen molar-refractivity contribution in [3.05, 3.63) is 40.9 Å². The fourth-order valence-electron chi connectivity index (χ4n) is 3.31. The Morgan fingerprint density at radius 1 is 1.37 bits per heavy atom. The van der Waals surface area contributed by atoms with E-state index in [1.807, 2.05) is 19.1 Å². The molecule has 1 saturated heterocycles. The summed E-state index contributed by atoms with van der Waals surface area (Å²) in [6, 6.07) is 8.39. The van der Waals surface area contributed by atoms with Crippen molar-refractivity contribution >= 4 is 22.4 Å². The van der Waals surface area contributed by atoms with Gasteiger partial charge in [0.25, 0.3) is 5.91 Å². The number of carbonyl (C=O) groups is 1. The molecule has 1 fully saturated rings. The molecule has 0 spiro atoms. The number of carbonyl (C=O) groups excluding carboxylic acids is 1. The number of rotatable bonds is 8. The first-order chi connectivity index (χ1) is 13.1. The monoisotopic (exact) mass is 390 g/mol. The van der Waals surface area contributed by atoms with Gasteiger partial charge in [0.05, 0.1) is 6.61 Å². The minimum absolute atomic E-state index is 0.142. The lowest BCUT2D eigenvalue weighted by molar-refractivity contribution is 0.0996. The lowest BCUT2D eigenvalue weighted by Gasteiger charge is -2.41. The fourth-order valence-corrected chi connectivity index (χ4v) is 4.16. The lowest BCUT2D eigenvalue weighted by atomic mass is 10.1. The van der Waals surface area contributed by atoms with Crippen molar-refractivity contribution in [3.63, 3.8) is 0 Å². The van der Waals surface area contributed by atoms with Gasteiger partial charge < -0.3 is 20.5 Å². The molecule has 1 atom stereocenters. The van der Waals surface area contributed by atoms with Gasteiger partial charge in [-0.15, -0.1) is 11.3 Å². The quantitative estimate of drug-likeness (QED) is 0.713. The molecule has 2 aromatic rings. The summed E-state index contributed by atoms with van der Waals surface area (Å²) in [5.74, 6) is 0.380. The van der Waals surface area contributed by atoms with Crippen LogP contribution in [0.2, 0.25) is 0 Å². The van der Waals surface area contributed by atoms with Crippen LogP contribution in [0.4, 0.5) is 5.13 Å². The summed E-state index contributed by atoms with van der Waals surface area (Å²) in [5.41, 5.74) is 6.84. The molecule has 8 heteroatoms. The molecule has 0 bridgehead atoms. The number of primary amides is 1. The molecule has 1 aromatic carbocycles. The van der Waals surface area contributed by atoms with Crippen LogP contribution in [-0.4, -0.2) is 59.8 Å². The van der Waals surface area contributed by atoms with Crippen molar-refractivity contribution in [2.24, 2.45) is 5.73 Å². The van der Waals surface area contributed by atoms with Gasteiger partial charge in [0.15, 0.2) is 5.13 Å². The number of nitrogens with zero attached hydrogens (tertiary/aromatic N) is 3. The maximum atomic E-state index is 11.3. The number of ether oxygens (including phenoxy) is 1. The number of amides is 1. The topological polar surface area (TPSA) is 91.9 Å². The molecule has 1 aromatic heterocycles. The molecular formula is C19H26N4O3S. The minimum Gasteiger partial charge on any atom is -0.494 e. The van der Waals surface area contributed by atoms with E-state index in [9.17, 15) is 9.90 Å².